The Labute approximate surface area is 116 Å². The summed E-state index contributed by atoms with van der Waals surface area (Å²) in [7, 11) is 0. The van der Waals surface area contributed by atoms with Crippen molar-refractivity contribution in [3.05, 3.63) is 72.0 Å². The van der Waals surface area contributed by atoms with Crippen molar-refractivity contribution >= 4 is 32.3 Å². The molecule has 4 aromatic carbocycles. The van der Waals surface area contributed by atoms with Crippen LogP contribution in [-0.4, -0.2) is 0 Å². The molecule has 0 saturated heterocycles. The number of hydrogen-bond acceptors (Lipinski definition) is 0. The molecule has 96 valence electrons. The van der Waals surface area contributed by atoms with Crippen molar-refractivity contribution in [1.29, 1.82) is 0 Å². The van der Waals surface area contributed by atoms with Crippen LogP contribution in [0.5, 0.6) is 0 Å². The molecule has 1 heteroatoms. The van der Waals surface area contributed by atoms with Gasteiger partial charge < -0.3 is 0 Å². The summed E-state index contributed by atoms with van der Waals surface area (Å²) < 4.78 is 14.3. The van der Waals surface area contributed by atoms with Crippen molar-refractivity contribution in [2.45, 2.75) is 6.92 Å². The highest BCUT2D eigenvalue weighted by Crippen LogP contribution is 2.34. The Hall–Kier alpha value is -2.41. The van der Waals surface area contributed by atoms with E-state index in [1.54, 1.807) is 6.07 Å². The Kier molecular flexibility index (Phi) is 2.31. The van der Waals surface area contributed by atoms with Crippen LogP contribution in [0.15, 0.2) is 60.7 Å². The van der Waals surface area contributed by atoms with Gasteiger partial charge in [-0.3, -0.25) is 0 Å². The lowest BCUT2D eigenvalue weighted by molar-refractivity contribution is 0.641. The van der Waals surface area contributed by atoms with E-state index in [1.807, 2.05) is 36.4 Å². The largest absolute Gasteiger partial charge is 0.206 e. The van der Waals surface area contributed by atoms with Gasteiger partial charge in [0.25, 0.3) is 0 Å². The topological polar surface area (TPSA) is 0 Å². The van der Waals surface area contributed by atoms with Gasteiger partial charge in [-0.05, 0) is 51.6 Å². The van der Waals surface area contributed by atoms with Crippen molar-refractivity contribution < 1.29 is 4.39 Å². The molecule has 0 saturated carbocycles. The number of rotatable bonds is 0. The highest BCUT2D eigenvalue weighted by Gasteiger charge is 2.10. The van der Waals surface area contributed by atoms with Crippen molar-refractivity contribution in [2.24, 2.45) is 0 Å². The van der Waals surface area contributed by atoms with Gasteiger partial charge in [0.1, 0.15) is 5.82 Å². The molecule has 4 rings (SSSR count). The molecule has 0 aliphatic rings. The number of halogens is 1. The van der Waals surface area contributed by atoms with Gasteiger partial charge in [-0.25, -0.2) is 4.39 Å². The normalized spacial score (nSPS) is 11.5. The van der Waals surface area contributed by atoms with E-state index in [2.05, 4.69) is 25.1 Å². The molecular weight excluding hydrogens is 247 g/mol. The predicted octanol–water partition coefficient (Wildman–Crippen LogP) is 5.59. The Morgan fingerprint density at radius 3 is 2.10 bits per heavy atom. The van der Waals surface area contributed by atoms with E-state index in [9.17, 15) is 4.39 Å². The molecule has 0 aliphatic heterocycles. The third kappa shape index (κ3) is 1.47. The molecule has 0 radical (unpaired) electrons. The number of benzene rings is 4. The summed E-state index contributed by atoms with van der Waals surface area (Å²) in [6, 6.07) is 19.8. The molecule has 4 aromatic rings. The van der Waals surface area contributed by atoms with Crippen LogP contribution in [-0.2, 0) is 0 Å². The second kappa shape index (κ2) is 4.04. The Morgan fingerprint density at radius 2 is 1.30 bits per heavy atom. The number of fused-ring (bicyclic) bond motifs is 4. The first kappa shape index (κ1) is 11.4. The van der Waals surface area contributed by atoms with Crippen LogP contribution in [0.2, 0.25) is 0 Å². The first-order valence-electron chi connectivity index (χ1n) is 6.75. The van der Waals surface area contributed by atoms with Gasteiger partial charge in [-0.15, -0.1) is 0 Å². The first-order valence-corrected chi connectivity index (χ1v) is 6.75. The Balaban J connectivity index is 2.34. The van der Waals surface area contributed by atoms with Crippen LogP contribution in [0.1, 0.15) is 5.56 Å². The molecule has 0 unspecified atom stereocenters. The molecule has 0 bridgehead atoms. The van der Waals surface area contributed by atoms with Crippen molar-refractivity contribution in [3.63, 3.8) is 0 Å². The molecule has 0 aromatic heterocycles. The van der Waals surface area contributed by atoms with Gasteiger partial charge in [0.15, 0.2) is 0 Å². The zero-order chi connectivity index (χ0) is 13.7. The highest BCUT2D eigenvalue weighted by molar-refractivity contribution is 6.14. The minimum absolute atomic E-state index is 0.147. The fraction of sp³-hybridized carbons (Fsp3) is 0.0526. The smallest absolute Gasteiger partial charge is 0.131 e. The molecule has 0 nitrogen and oxygen atoms in total. The van der Waals surface area contributed by atoms with E-state index in [-0.39, 0.29) is 5.82 Å². The van der Waals surface area contributed by atoms with Crippen molar-refractivity contribution in [1.82, 2.24) is 0 Å². The van der Waals surface area contributed by atoms with Gasteiger partial charge in [-0.2, -0.15) is 0 Å². The van der Waals surface area contributed by atoms with Crippen LogP contribution in [0.4, 0.5) is 4.39 Å². The quantitative estimate of drug-likeness (QED) is 0.285. The van der Waals surface area contributed by atoms with Gasteiger partial charge in [0.2, 0.25) is 0 Å². The Morgan fingerprint density at radius 1 is 0.650 bits per heavy atom. The molecule has 0 atom stereocenters. The summed E-state index contributed by atoms with van der Waals surface area (Å²) in [5.41, 5.74) is 1.14. The molecule has 0 amide bonds. The average Bonchev–Trinajstić information content (AvgIpc) is 2.49. The Bertz CT molecular complexity index is 961. The average molecular weight is 260 g/mol. The van der Waals surface area contributed by atoms with E-state index in [0.717, 1.165) is 21.7 Å². The molecule has 0 N–H and O–H groups in total. The van der Waals surface area contributed by atoms with Gasteiger partial charge >= 0.3 is 0 Å². The summed E-state index contributed by atoms with van der Waals surface area (Å²) in [4.78, 5) is 0. The van der Waals surface area contributed by atoms with E-state index >= 15 is 0 Å². The molecule has 0 aliphatic carbocycles. The van der Waals surface area contributed by atoms with Crippen molar-refractivity contribution in [3.8, 4) is 0 Å². The fourth-order valence-electron chi connectivity index (χ4n) is 3.08. The number of hydrogen-bond donors (Lipinski definition) is 0. The number of aryl methyl sites for hydroxylation is 1. The molecule has 0 fully saturated rings. The minimum Gasteiger partial charge on any atom is -0.206 e. The molecule has 0 heterocycles. The lowest BCUT2D eigenvalue weighted by Gasteiger charge is -2.11. The van der Waals surface area contributed by atoms with Crippen LogP contribution in [0.25, 0.3) is 32.3 Å². The maximum absolute atomic E-state index is 14.3. The van der Waals surface area contributed by atoms with Gasteiger partial charge in [-0.1, -0.05) is 48.5 Å². The molecule has 0 spiro atoms. The van der Waals surface area contributed by atoms with Crippen LogP contribution in [0.3, 0.4) is 0 Å². The SMILES string of the molecule is Cc1c2ccccc2cc2c1cc(F)c1ccccc12. The fourth-order valence-corrected chi connectivity index (χ4v) is 3.08. The van der Waals surface area contributed by atoms with Gasteiger partial charge in [0, 0.05) is 5.39 Å². The monoisotopic (exact) mass is 260 g/mol. The molecule has 20 heavy (non-hydrogen) atoms. The second-order valence-electron chi connectivity index (χ2n) is 5.22. The van der Waals surface area contributed by atoms with E-state index in [4.69, 9.17) is 0 Å². The maximum Gasteiger partial charge on any atom is 0.131 e. The van der Waals surface area contributed by atoms with Crippen LogP contribution >= 0.6 is 0 Å². The standard InChI is InChI=1S/C19H13F/c1-12-14-7-3-2-6-13(14)10-18-15-8-4-5-9-16(15)19(20)11-17(12)18/h2-11H,1H3. The van der Waals surface area contributed by atoms with E-state index < -0.39 is 0 Å². The summed E-state index contributed by atoms with van der Waals surface area (Å²) in [5.74, 6) is -0.147. The van der Waals surface area contributed by atoms with Crippen LogP contribution < -0.4 is 0 Å². The van der Waals surface area contributed by atoms with Crippen LogP contribution in [0, 0.1) is 12.7 Å². The van der Waals surface area contributed by atoms with Crippen molar-refractivity contribution in [2.75, 3.05) is 0 Å². The van der Waals surface area contributed by atoms with E-state index in [1.165, 1.54) is 10.8 Å². The zero-order valence-electron chi connectivity index (χ0n) is 11.2. The second-order valence-corrected chi connectivity index (χ2v) is 5.22. The van der Waals surface area contributed by atoms with E-state index in [0.29, 0.717) is 5.39 Å². The first-order chi connectivity index (χ1) is 9.75. The summed E-state index contributed by atoms with van der Waals surface area (Å²) in [6.07, 6.45) is 0. The maximum atomic E-state index is 14.3. The third-order valence-corrected chi connectivity index (χ3v) is 4.10. The predicted molar refractivity (Wildman–Crippen MR) is 83.7 cm³/mol. The summed E-state index contributed by atoms with van der Waals surface area (Å²) in [5, 5.41) is 6.19. The molecular formula is C19H13F. The summed E-state index contributed by atoms with van der Waals surface area (Å²) >= 11 is 0. The van der Waals surface area contributed by atoms with Gasteiger partial charge in [0.05, 0.1) is 0 Å². The minimum atomic E-state index is -0.147. The lowest BCUT2D eigenvalue weighted by atomic mass is 9.94. The highest BCUT2D eigenvalue weighted by atomic mass is 19.1. The summed E-state index contributed by atoms with van der Waals surface area (Å²) in [6.45, 7) is 2.07. The third-order valence-electron chi connectivity index (χ3n) is 4.10. The zero-order valence-corrected chi connectivity index (χ0v) is 11.2. The lowest BCUT2D eigenvalue weighted by Crippen LogP contribution is -1.87.